The largest absolute Gasteiger partial charge is 0.383 e. The highest BCUT2D eigenvalue weighted by atomic mass is 16.5. The maximum absolute atomic E-state index is 12.2. The van der Waals surface area contributed by atoms with Crippen LogP contribution in [-0.2, 0) is 9.53 Å². The molecule has 22 heavy (non-hydrogen) atoms. The lowest BCUT2D eigenvalue weighted by Crippen LogP contribution is -2.44. The quantitative estimate of drug-likeness (QED) is 0.754. The van der Waals surface area contributed by atoms with Crippen molar-refractivity contribution in [2.75, 3.05) is 39.9 Å². The maximum Gasteiger partial charge on any atom is 0.236 e. The number of ether oxygens (including phenoxy) is 1. The first-order chi connectivity index (χ1) is 10.8. The summed E-state index contributed by atoms with van der Waals surface area (Å²) >= 11 is 0. The van der Waals surface area contributed by atoms with Gasteiger partial charge in [0.2, 0.25) is 11.8 Å². The van der Waals surface area contributed by atoms with Gasteiger partial charge in [-0.25, -0.2) is 0 Å². The Labute approximate surface area is 130 Å². The van der Waals surface area contributed by atoms with E-state index < -0.39 is 0 Å². The van der Waals surface area contributed by atoms with Gasteiger partial charge < -0.3 is 19.5 Å². The molecule has 1 aliphatic heterocycles. The molecule has 1 atom stereocenters. The van der Waals surface area contributed by atoms with Crippen LogP contribution in [0.2, 0.25) is 0 Å². The van der Waals surface area contributed by atoms with Crippen molar-refractivity contribution in [1.82, 2.24) is 20.4 Å². The number of rotatable bonds is 7. The number of piperidine rings is 1. The predicted octanol–water partition coefficient (Wildman–Crippen LogP) is 0.889. The number of methoxy groups -OCH3 is 1. The Kier molecular flexibility index (Phi) is 5.04. The second kappa shape index (κ2) is 7.19. The van der Waals surface area contributed by atoms with Crippen molar-refractivity contribution < 1.29 is 14.1 Å². The van der Waals surface area contributed by atoms with E-state index in [1.54, 1.807) is 7.11 Å². The molecule has 1 aromatic rings. The summed E-state index contributed by atoms with van der Waals surface area (Å²) in [6.07, 6.45) is 4.32. The van der Waals surface area contributed by atoms with E-state index >= 15 is 0 Å². The predicted molar refractivity (Wildman–Crippen MR) is 79.6 cm³/mol. The zero-order valence-corrected chi connectivity index (χ0v) is 13.1. The molecule has 7 heteroatoms. The van der Waals surface area contributed by atoms with Gasteiger partial charge in [-0.15, -0.1) is 0 Å². The molecule has 0 aromatic carbocycles. The monoisotopic (exact) mass is 308 g/mol. The summed E-state index contributed by atoms with van der Waals surface area (Å²) in [4.78, 5) is 18.7. The van der Waals surface area contributed by atoms with E-state index in [2.05, 4.69) is 15.5 Å². The molecule has 122 valence electrons. The van der Waals surface area contributed by atoms with Gasteiger partial charge in [-0.1, -0.05) is 5.16 Å². The van der Waals surface area contributed by atoms with Crippen LogP contribution >= 0.6 is 0 Å². The van der Waals surface area contributed by atoms with Crippen LogP contribution in [0.15, 0.2) is 4.52 Å². The van der Waals surface area contributed by atoms with Gasteiger partial charge in [0.25, 0.3) is 0 Å². The molecule has 2 fully saturated rings. The first-order valence-corrected chi connectivity index (χ1v) is 8.09. The lowest BCUT2D eigenvalue weighted by molar-refractivity contribution is -0.131. The number of nitrogens with one attached hydrogen (secondary N) is 1. The lowest BCUT2D eigenvalue weighted by atomic mass is 9.97. The minimum Gasteiger partial charge on any atom is -0.383 e. The molecule has 1 unspecified atom stereocenters. The Bertz CT molecular complexity index is 501. The van der Waals surface area contributed by atoms with E-state index in [0.717, 1.165) is 43.9 Å². The van der Waals surface area contributed by atoms with Gasteiger partial charge in [-0.3, -0.25) is 4.79 Å². The molecule has 0 bridgehead atoms. The van der Waals surface area contributed by atoms with Gasteiger partial charge in [-0.05, 0) is 25.7 Å². The number of nitrogens with zero attached hydrogens (tertiary/aromatic N) is 3. The van der Waals surface area contributed by atoms with Gasteiger partial charge >= 0.3 is 0 Å². The Balaban J connectivity index is 1.50. The van der Waals surface area contributed by atoms with Crippen molar-refractivity contribution in [3.8, 4) is 0 Å². The van der Waals surface area contributed by atoms with Crippen LogP contribution in [0.4, 0.5) is 0 Å². The second-order valence-electron chi connectivity index (χ2n) is 6.11. The molecule has 1 saturated heterocycles. The van der Waals surface area contributed by atoms with Crippen LogP contribution in [0.5, 0.6) is 0 Å². The average Bonchev–Trinajstić information content (AvgIpc) is 3.28. The maximum atomic E-state index is 12.2. The van der Waals surface area contributed by atoms with Crippen molar-refractivity contribution in [3.63, 3.8) is 0 Å². The molecule has 3 rings (SSSR count). The second-order valence-corrected chi connectivity index (χ2v) is 6.11. The average molecular weight is 308 g/mol. The molecule has 1 aromatic heterocycles. The van der Waals surface area contributed by atoms with Gasteiger partial charge in [0, 0.05) is 38.6 Å². The van der Waals surface area contributed by atoms with E-state index in [1.807, 2.05) is 4.90 Å². The van der Waals surface area contributed by atoms with Crippen LogP contribution in [-0.4, -0.2) is 60.8 Å². The van der Waals surface area contributed by atoms with E-state index in [-0.39, 0.29) is 11.8 Å². The molecule has 0 radical (unpaired) electrons. The fraction of sp³-hybridized carbons (Fsp3) is 0.800. The molecule has 1 N–H and O–H groups in total. The first kappa shape index (κ1) is 15.4. The van der Waals surface area contributed by atoms with Gasteiger partial charge in [-0.2, -0.15) is 4.98 Å². The molecule has 1 amide bonds. The van der Waals surface area contributed by atoms with Gasteiger partial charge in [0.1, 0.15) is 0 Å². The third-order valence-corrected chi connectivity index (χ3v) is 4.28. The third kappa shape index (κ3) is 3.84. The zero-order valence-electron chi connectivity index (χ0n) is 13.1. The summed E-state index contributed by atoms with van der Waals surface area (Å²) in [6.45, 7) is 3.16. The van der Waals surface area contributed by atoms with Gasteiger partial charge in [0.15, 0.2) is 5.82 Å². The fourth-order valence-corrected chi connectivity index (χ4v) is 2.80. The Hall–Kier alpha value is -1.47. The molecule has 1 saturated carbocycles. The van der Waals surface area contributed by atoms with Crippen LogP contribution in [0, 0.1) is 0 Å². The molecule has 1 aliphatic carbocycles. The fourth-order valence-electron chi connectivity index (χ4n) is 2.80. The number of carbonyl (C=O) groups is 1. The number of hydrogen-bond donors (Lipinski definition) is 1. The zero-order chi connectivity index (χ0) is 15.4. The topological polar surface area (TPSA) is 80.5 Å². The number of carbonyl (C=O) groups excluding carboxylic acids is 1. The minimum absolute atomic E-state index is 0.131. The highest BCUT2D eigenvalue weighted by Crippen LogP contribution is 2.39. The van der Waals surface area contributed by atoms with E-state index in [0.29, 0.717) is 32.2 Å². The summed E-state index contributed by atoms with van der Waals surface area (Å²) in [5, 5.41) is 7.22. The first-order valence-electron chi connectivity index (χ1n) is 8.09. The SMILES string of the molecule is COCCNCC(=O)N1CCCC(c2noc(C3CC3)n2)C1. The van der Waals surface area contributed by atoms with Crippen molar-refractivity contribution in [3.05, 3.63) is 11.7 Å². The van der Waals surface area contributed by atoms with Crippen molar-refractivity contribution in [2.24, 2.45) is 0 Å². The van der Waals surface area contributed by atoms with Crippen molar-refractivity contribution in [1.29, 1.82) is 0 Å². The summed E-state index contributed by atoms with van der Waals surface area (Å²) < 4.78 is 10.3. The molecular weight excluding hydrogens is 284 g/mol. The summed E-state index contributed by atoms with van der Waals surface area (Å²) in [5.41, 5.74) is 0. The number of likely N-dealkylation sites (tertiary alicyclic amines) is 1. The Morgan fingerprint density at radius 1 is 1.41 bits per heavy atom. The van der Waals surface area contributed by atoms with Crippen molar-refractivity contribution >= 4 is 5.91 Å². The van der Waals surface area contributed by atoms with Gasteiger partial charge in [0.05, 0.1) is 13.2 Å². The van der Waals surface area contributed by atoms with Crippen molar-refractivity contribution in [2.45, 2.75) is 37.5 Å². The summed E-state index contributed by atoms with van der Waals surface area (Å²) in [6, 6.07) is 0. The minimum atomic E-state index is 0.131. The highest BCUT2D eigenvalue weighted by Gasteiger charge is 2.32. The van der Waals surface area contributed by atoms with Crippen LogP contribution in [0.3, 0.4) is 0 Å². The summed E-state index contributed by atoms with van der Waals surface area (Å²) in [5.74, 6) is 2.36. The highest BCUT2D eigenvalue weighted by molar-refractivity contribution is 5.78. The summed E-state index contributed by atoms with van der Waals surface area (Å²) in [7, 11) is 1.65. The number of hydrogen-bond acceptors (Lipinski definition) is 6. The standard InChI is InChI=1S/C15H24N4O3/c1-21-8-6-16-9-13(20)19-7-2-3-12(10-19)14-17-15(22-18-14)11-4-5-11/h11-12,16H,2-10H2,1H3. The van der Waals surface area contributed by atoms with E-state index in [9.17, 15) is 4.79 Å². The van der Waals surface area contributed by atoms with Crippen LogP contribution < -0.4 is 5.32 Å². The molecule has 2 heterocycles. The third-order valence-electron chi connectivity index (χ3n) is 4.28. The Morgan fingerprint density at radius 3 is 3.05 bits per heavy atom. The van der Waals surface area contributed by atoms with Crippen LogP contribution in [0.1, 0.15) is 49.2 Å². The van der Waals surface area contributed by atoms with Crippen LogP contribution in [0.25, 0.3) is 0 Å². The normalized spacial score (nSPS) is 22.0. The molecule has 0 spiro atoms. The Morgan fingerprint density at radius 2 is 2.27 bits per heavy atom. The number of amides is 1. The molecule has 2 aliphatic rings. The smallest absolute Gasteiger partial charge is 0.236 e. The molecule has 7 nitrogen and oxygen atoms in total. The van der Waals surface area contributed by atoms with E-state index in [1.165, 1.54) is 0 Å². The van der Waals surface area contributed by atoms with E-state index in [4.69, 9.17) is 9.26 Å². The number of aromatic nitrogens is 2. The lowest BCUT2D eigenvalue weighted by Gasteiger charge is -2.31. The molecular formula is C15H24N4O3.